The van der Waals surface area contributed by atoms with Crippen molar-refractivity contribution < 1.29 is 4.74 Å². The van der Waals surface area contributed by atoms with Gasteiger partial charge in [-0.2, -0.15) is 20.1 Å². The zero-order valence-corrected chi connectivity index (χ0v) is 12.2. The molecular formula is C11H15ClN6O. The summed E-state index contributed by atoms with van der Waals surface area (Å²) in [5.41, 5.74) is 1.66. The fraction of sp³-hybridized carbons (Fsp3) is 0.455. The van der Waals surface area contributed by atoms with Gasteiger partial charge in [0.2, 0.25) is 11.2 Å². The Bertz CT molecular complexity index is 609. The molecule has 2 heterocycles. The third kappa shape index (κ3) is 2.76. The van der Waals surface area contributed by atoms with Gasteiger partial charge in [-0.3, -0.25) is 4.68 Å². The molecule has 0 amide bonds. The van der Waals surface area contributed by atoms with Crippen molar-refractivity contribution in [2.24, 2.45) is 7.05 Å². The number of nitrogens with zero attached hydrogens (tertiary/aromatic N) is 6. The Kier molecular flexibility index (Phi) is 3.57. The van der Waals surface area contributed by atoms with Crippen molar-refractivity contribution in [1.29, 1.82) is 0 Å². The number of rotatable bonds is 3. The van der Waals surface area contributed by atoms with Crippen LogP contribution in [-0.2, 0) is 7.05 Å². The Morgan fingerprint density at radius 3 is 2.37 bits per heavy atom. The highest BCUT2D eigenvalue weighted by molar-refractivity contribution is 6.28. The third-order valence-corrected chi connectivity index (χ3v) is 2.78. The van der Waals surface area contributed by atoms with E-state index in [2.05, 4.69) is 20.1 Å². The van der Waals surface area contributed by atoms with Gasteiger partial charge in [-0.1, -0.05) is 0 Å². The first-order valence-electron chi connectivity index (χ1n) is 5.65. The minimum atomic E-state index is 0.0906. The summed E-state index contributed by atoms with van der Waals surface area (Å²) in [6.07, 6.45) is 0. The molecule has 8 heteroatoms. The Labute approximate surface area is 116 Å². The number of hydrogen-bond acceptors (Lipinski definition) is 6. The molecule has 0 aliphatic rings. The molecule has 2 rings (SSSR count). The summed E-state index contributed by atoms with van der Waals surface area (Å²) in [5.74, 6) is 1.07. The molecule has 19 heavy (non-hydrogen) atoms. The Hall–Kier alpha value is -1.89. The highest BCUT2D eigenvalue weighted by Crippen LogP contribution is 2.26. The summed E-state index contributed by atoms with van der Waals surface area (Å²) < 4.78 is 7.41. The van der Waals surface area contributed by atoms with Crippen molar-refractivity contribution >= 4 is 17.5 Å². The maximum Gasteiger partial charge on any atom is 0.328 e. The summed E-state index contributed by atoms with van der Waals surface area (Å²) in [4.78, 5) is 13.9. The number of hydrogen-bond donors (Lipinski definition) is 0. The predicted octanol–water partition coefficient (Wildman–Crippen LogP) is 1.73. The molecule has 0 aliphatic heterocycles. The number of anilines is 1. The maximum absolute atomic E-state index is 5.86. The SMILES string of the molecule is Cc1nn(C)c(C)c1Oc1nc(Cl)nc(N(C)C)n1. The molecule has 0 aromatic carbocycles. The van der Waals surface area contributed by atoms with E-state index >= 15 is 0 Å². The van der Waals surface area contributed by atoms with Crippen LogP contribution in [0.3, 0.4) is 0 Å². The molecule has 2 aromatic rings. The largest absolute Gasteiger partial charge is 0.420 e. The minimum absolute atomic E-state index is 0.0906. The molecule has 0 N–H and O–H groups in total. The summed E-state index contributed by atoms with van der Waals surface area (Å²) in [6.45, 7) is 3.77. The van der Waals surface area contributed by atoms with Crippen molar-refractivity contribution in [3.63, 3.8) is 0 Å². The van der Waals surface area contributed by atoms with Gasteiger partial charge in [-0.05, 0) is 25.4 Å². The number of halogens is 1. The summed E-state index contributed by atoms with van der Waals surface area (Å²) >= 11 is 5.86. The second-order valence-electron chi connectivity index (χ2n) is 4.31. The zero-order chi connectivity index (χ0) is 14.2. The molecule has 0 radical (unpaired) electrons. The smallest absolute Gasteiger partial charge is 0.328 e. The molecule has 2 aromatic heterocycles. The van der Waals surface area contributed by atoms with Crippen LogP contribution in [0.2, 0.25) is 5.28 Å². The summed E-state index contributed by atoms with van der Waals surface area (Å²) in [7, 11) is 5.48. The van der Waals surface area contributed by atoms with Gasteiger partial charge in [0.15, 0.2) is 5.75 Å². The van der Waals surface area contributed by atoms with Crippen LogP contribution in [0.15, 0.2) is 0 Å². The third-order valence-electron chi connectivity index (χ3n) is 2.61. The van der Waals surface area contributed by atoms with Gasteiger partial charge in [0.25, 0.3) is 0 Å². The van der Waals surface area contributed by atoms with Crippen molar-refractivity contribution in [1.82, 2.24) is 24.7 Å². The van der Waals surface area contributed by atoms with Crippen LogP contribution in [0, 0.1) is 13.8 Å². The molecule has 0 spiro atoms. The van der Waals surface area contributed by atoms with E-state index in [0.29, 0.717) is 11.7 Å². The molecule has 0 aliphatic carbocycles. The predicted molar refractivity (Wildman–Crippen MR) is 71.9 cm³/mol. The van der Waals surface area contributed by atoms with Crippen LogP contribution in [0.4, 0.5) is 5.95 Å². The van der Waals surface area contributed by atoms with E-state index in [1.165, 1.54) is 0 Å². The zero-order valence-electron chi connectivity index (χ0n) is 11.5. The first kappa shape index (κ1) is 13.5. The monoisotopic (exact) mass is 282 g/mol. The molecule has 0 atom stereocenters. The van der Waals surface area contributed by atoms with Gasteiger partial charge in [-0.25, -0.2) is 0 Å². The Morgan fingerprint density at radius 2 is 1.84 bits per heavy atom. The van der Waals surface area contributed by atoms with Gasteiger partial charge >= 0.3 is 6.01 Å². The first-order chi connectivity index (χ1) is 8.88. The molecule has 102 valence electrons. The summed E-state index contributed by atoms with van der Waals surface area (Å²) in [5, 5.41) is 4.35. The van der Waals surface area contributed by atoms with Gasteiger partial charge in [0.1, 0.15) is 5.69 Å². The second kappa shape index (κ2) is 5.00. The van der Waals surface area contributed by atoms with E-state index in [9.17, 15) is 0 Å². The average molecular weight is 283 g/mol. The van der Waals surface area contributed by atoms with Crippen LogP contribution in [0.25, 0.3) is 0 Å². The van der Waals surface area contributed by atoms with Crippen LogP contribution in [0.1, 0.15) is 11.4 Å². The minimum Gasteiger partial charge on any atom is -0.420 e. The van der Waals surface area contributed by atoms with Gasteiger partial charge in [0.05, 0.1) is 5.69 Å². The Morgan fingerprint density at radius 1 is 1.16 bits per heavy atom. The highest BCUT2D eigenvalue weighted by Gasteiger charge is 2.15. The van der Waals surface area contributed by atoms with Crippen molar-refractivity contribution in [2.45, 2.75) is 13.8 Å². The lowest BCUT2D eigenvalue weighted by molar-refractivity contribution is 0.433. The lowest BCUT2D eigenvalue weighted by Gasteiger charge is -2.11. The number of aromatic nitrogens is 5. The highest BCUT2D eigenvalue weighted by atomic mass is 35.5. The number of aryl methyl sites for hydroxylation is 2. The van der Waals surface area contributed by atoms with E-state index in [1.54, 1.807) is 9.58 Å². The average Bonchev–Trinajstić information content (AvgIpc) is 2.55. The standard InChI is InChI=1S/C11H15ClN6O/c1-6-8(7(2)18(5)16-6)19-11-14-9(12)13-10(15-11)17(3)4/h1-5H3. The van der Waals surface area contributed by atoms with Crippen LogP contribution < -0.4 is 9.64 Å². The van der Waals surface area contributed by atoms with Crippen molar-refractivity contribution in [3.8, 4) is 11.8 Å². The van der Waals surface area contributed by atoms with Crippen LogP contribution in [0.5, 0.6) is 11.8 Å². The lowest BCUT2D eigenvalue weighted by Crippen LogP contribution is -2.13. The molecule has 0 fully saturated rings. The number of ether oxygens (including phenoxy) is 1. The van der Waals surface area contributed by atoms with E-state index < -0.39 is 0 Å². The van der Waals surface area contributed by atoms with Gasteiger partial charge in [-0.15, -0.1) is 0 Å². The molecule has 0 bridgehead atoms. The molecule has 7 nitrogen and oxygen atoms in total. The van der Waals surface area contributed by atoms with Gasteiger partial charge < -0.3 is 9.64 Å². The van der Waals surface area contributed by atoms with Gasteiger partial charge in [0, 0.05) is 21.1 Å². The topological polar surface area (TPSA) is 69.0 Å². The van der Waals surface area contributed by atoms with Crippen LogP contribution in [-0.4, -0.2) is 38.8 Å². The van der Waals surface area contributed by atoms with E-state index in [-0.39, 0.29) is 11.3 Å². The quantitative estimate of drug-likeness (QED) is 0.854. The molecule has 0 saturated heterocycles. The molecule has 0 saturated carbocycles. The normalized spacial score (nSPS) is 10.6. The fourth-order valence-corrected chi connectivity index (χ4v) is 1.71. The van der Waals surface area contributed by atoms with Crippen molar-refractivity contribution in [3.05, 3.63) is 16.7 Å². The summed E-state index contributed by atoms with van der Waals surface area (Å²) in [6, 6.07) is 0.155. The molecule has 0 unspecified atom stereocenters. The second-order valence-corrected chi connectivity index (χ2v) is 4.65. The van der Waals surface area contributed by atoms with E-state index in [0.717, 1.165) is 11.4 Å². The maximum atomic E-state index is 5.86. The van der Waals surface area contributed by atoms with E-state index in [4.69, 9.17) is 16.3 Å². The Balaban J connectivity index is 2.38. The molecular weight excluding hydrogens is 268 g/mol. The first-order valence-corrected chi connectivity index (χ1v) is 6.03. The fourth-order valence-electron chi connectivity index (χ4n) is 1.56. The van der Waals surface area contributed by atoms with Crippen LogP contribution >= 0.6 is 11.6 Å². The van der Waals surface area contributed by atoms with E-state index in [1.807, 2.05) is 35.0 Å². The van der Waals surface area contributed by atoms with Crippen molar-refractivity contribution in [2.75, 3.05) is 19.0 Å². The lowest BCUT2D eigenvalue weighted by atomic mass is 10.3.